The van der Waals surface area contributed by atoms with Gasteiger partial charge in [-0.1, -0.05) is 0 Å². The van der Waals surface area contributed by atoms with E-state index in [9.17, 15) is 4.79 Å². The van der Waals surface area contributed by atoms with Gasteiger partial charge in [-0.2, -0.15) is 5.10 Å². The third-order valence-corrected chi connectivity index (χ3v) is 3.32. The number of nitrogens with zero attached hydrogens (tertiary/aromatic N) is 2. The van der Waals surface area contributed by atoms with Gasteiger partial charge in [0.15, 0.2) is 0 Å². The summed E-state index contributed by atoms with van der Waals surface area (Å²) in [6.45, 7) is 2.65. The topological polar surface area (TPSA) is 59.0 Å². The molecule has 0 aliphatic carbocycles. The van der Waals surface area contributed by atoms with E-state index in [4.69, 9.17) is 0 Å². The number of carbonyl (C=O) groups is 1. The highest BCUT2D eigenvalue weighted by Crippen LogP contribution is 2.15. The van der Waals surface area contributed by atoms with E-state index in [0.717, 1.165) is 31.6 Å². The van der Waals surface area contributed by atoms with Crippen molar-refractivity contribution in [3.05, 3.63) is 18.0 Å². The molecule has 2 rings (SSSR count). The Labute approximate surface area is 114 Å². The van der Waals surface area contributed by atoms with Gasteiger partial charge in [-0.15, -0.1) is 12.4 Å². The molecule has 0 bridgehead atoms. The first-order valence-corrected chi connectivity index (χ1v) is 6.20. The van der Waals surface area contributed by atoms with Gasteiger partial charge in [0.2, 0.25) is 5.91 Å². The highest BCUT2D eigenvalue weighted by molar-refractivity contribution is 5.85. The molecule has 0 unspecified atom stereocenters. The van der Waals surface area contributed by atoms with Crippen LogP contribution in [0.25, 0.3) is 0 Å². The molecule has 0 saturated carbocycles. The number of aryl methyl sites for hydroxylation is 1. The Balaban J connectivity index is 0.00000162. The molecule has 1 fully saturated rings. The van der Waals surface area contributed by atoms with E-state index in [-0.39, 0.29) is 18.3 Å². The van der Waals surface area contributed by atoms with Gasteiger partial charge in [-0.25, -0.2) is 0 Å². The molecule has 0 spiro atoms. The van der Waals surface area contributed by atoms with Crippen LogP contribution in [0.15, 0.2) is 12.3 Å². The summed E-state index contributed by atoms with van der Waals surface area (Å²) in [6, 6.07) is 1.92. The molecule has 1 saturated heterocycles. The average Bonchev–Trinajstić information content (AvgIpc) is 2.74. The minimum atomic E-state index is 0. The van der Waals surface area contributed by atoms with Gasteiger partial charge in [-0.3, -0.25) is 9.48 Å². The quantitative estimate of drug-likeness (QED) is 0.854. The van der Waals surface area contributed by atoms with E-state index in [0.29, 0.717) is 18.9 Å². The Morgan fingerprint density at radius 1 is 1.56 bits per heavy atom. The number of amides is 1. The van der Waals surface area contributed by atoms with Crippen molar-refractivity contribution >= 4 is 18.3 Å². The van der Waals surface area contributed by atoms with Crippen molar-refractivity contribution in [1.82, 2.24) is 20.4 Å². The molecular weight excluding hydrogens is 252 g/mol. The third kappa shape index (κ3) is 4.31. The lowest BCUT2D eigenvalue weighted by Gasteiger charge is -2.21. The molecule has 5 nitrogen and oxygen atoms in total. The molecule has 102 valence electrons. The van der Waals surface area contributed by atoms with Crippen LogP contribution in [0, 0.1) is 5.92 Å². The first-order chi connectivity index (χ1) is 8.25. The van der Waals surface area contributed by atoms with Crippen molar-refractivity contribution in [1.29, 1.82) is 0 Å². The van der Waals surface area contributed by atoms with E-state index in [2.05, 4.69) is 15.7 Å². The zero-order valence-corrected chi connectivity index (χ0v) is 11.5. The lowest BCUT2D eigenvalue weighted by atomic mass is 9.94. The monoisotopic (exact) mass is 272 g/mol. The number of halogens is 1. The lowest BCUT2D eigenvalue weighted by molar-refractivity contribution is -0.122. The second-order valence-electron chi connectivity index (χ2n) is 4.62. The summed E-state index contributed by atoms with van der Waals surface area (Å²) in [5.41, 5.74) is 1.03. The van der Waals surface area contributed by atoms with Gasteiger partial charge in [0.1, 0.15) is 0 Å². The summed E-state index contributed by atoms with van der Waals surface area (Å²) in [7, 11) is 1.88. The predicted octanol–water partition coefficient (Wildman–Crippen LogP) is 0.848. The second kappa shape index (κ2) is 7.38. The summed E-state index contributed by atoms with van der Waals surface area (Å²) in [6.07, 6.45) is 4.62. The van der Waals surface area contributed by atoms with Crippen molar-refractivity contribution in [3.8, 4) is 0 Å². The van der Waals surface area contributed by atoms with Crippen LogP contribution in [0.3, 0.4) is 0 Å². The summed E-state index contributed by atoms with van der Waals surface area (Å²) >= 11 is 0. The molecule has 2 N–H and O–H groups in total. The molecule has 1 aromatic heterocycles. The molecule has 0 radical (unpaired) electrons. The van der Waals surface area contributed by atoms with Gasteiger partial charge < -0.3 is 10.6 Å². The average molecular weight is 273 g/mol. The number of aromatic nitrogens is 2. The number of piperidine rings is 1. The van der Waals surface area contributed by atoms with Gasteiger partial charge in [-0.05, 0) is 37.9 Å². The molecule has 1 aliphatic heterocycles. The van der Waals surface area contributed by atoms with Crippen LogP contribution in [0.2, 0.25) is 0 Å². The largest absolute Gasteiger partial charge is 0.350 e. The Hall–Kier alpha value is -1.07. The third-order valence-electron chi connectivity index (χ3n) is 3.32. The van der Waals surface area contributed by atoms with E-state index in [1.165, 1.54) is 0 Å². The predicted molar refractivity (Wildman–Crippen MR) is 72.5 cm³/mol. The van der Waals surface area contributed by atoms with Crippen LogP contribution in [0.5, 0.6) is 0 Å². The molecule has 1 aliphatic rings. The van der Waals surface area contributed by atoms with Gasteiger partial charge >= 0.3 is 0 Å². The Morgan fingerprint density at radius 2 is 2.28 bits per heavy atom. The fourth-order valence-electron chi connectivity index (χ4n) is 2.18. The van der Waals surface area contributed by atoms with Gasteiger partial charge in [0.05, 0.1) is 12.2 Å². The summed E-state index contributed by atoms with van der Waals surface area (Å²) < 4.78 is 1.78. The fourth-order valence-corrected chi connectivity index (χ4v) is 2.18. The maximum Gasteiger partial charge on any atom is 0.220 e. The molecule has 0 atom stereocenters. The number of rotatable bonds is 4. The van der Waals surface area contributed by atoms with E-state index < -0.39 is 0 Å². The van der Waals surface area contributed by atoms with Crippen LogP contribution in [-0.2, 0) is 18.4 Å². The molecule has 6 heteroatoms. The smallest absolute Gasteiger partial charge is 0.220 e. The van der Waals surface area contributed by atoms with Crippen LogP contribution < -0.4 is 10.6 Å². The first kappa shape index (κ1) is 15.0. The maximum absolute atomic E-state index is 11.8. The molecule has 1 amide bonds. The maximum atomic E-state index is 11.8. The van der Waals surface area contributed by atoms with Crippen LogP contribution in [0.1, 0.15) is 25.0 Å². The number of hydrogen-bond acceptors (Lipinski definition) is 3. The van der Waals surface area contributed by atoms with Crippen molar-refractivity contribution in [2.75, 3.05) is 13.1 Å². The Morgan fingerprint density at radius 3 is 2.89 bits per heavy atom. The zero-order valence-electron chi connectivity index (χ0n) is 10.7. The van der Waals surface area contributed by atoms with E-state index in [1.54, 1.807) is 10.9 Å². The molecule has 2 heterocycles. The van der Waals surface area contributed by atoms with Crippen molar-refractivity contribution in [2.45, 2.75) is 25.8 Å². The normalized spacial score (nSPS) is 16.1. The summed E-state index contributed by atoms with van der Waals surface area (Å²) in [4.78, 5) is 11.8. The minimum Gasteiger partial charge on any atom is -0.350 e. The van der Waals surface area contributed by atoms with Crippen LogP contribution in [-0.4, -0.2) is 28.8 Å². The van der Waals surface area contributed by atoms with Gasteiger partial charge in [0, 0.05) is 19.7 Å². The van der Waals surface area contributed by atoms with E-state index in [1.807, 2.05) is 13.1 Å². The molecule has 1 aromatic rings. The first-order valence-electron chi connectivity index (χ1n) is 6.20. The van der Waals surface area contributed by atoms with Crippen molar-refractivity contribution in [2.24, 2.45) is 13.0 Å². The highest BCUT2D eigenvalue weighted by atomic mass is 35.5. The second-order valence-corrected chi connectivity index (χ2v) is 4.62. The Kier molecular flexibility index (Phi) is 6.15. The zero-order chi connectivity index (χ0) is 12.1. The van der Waals surface area contributed by atoms with Crippen molar-refractivity contribution in [3.63, 3.8) is 0 Å². The van der Waals surface area contributed by atoms with Crippen molar-refractivity contribution < 1.29 is 4.79 Å². The molecule has 18 heavy (non-hydrogen) atoms. The highest BCUT2D eigenvalue weighted by Gasteiger charge is 2.16. The minimum absolute atomic E-state index is 0. The summed E-state index contributed by atoms with van der Waals surface area (Å²) in [5.74, 6) is 0.695. The Bertz CT molecular complexity index is 374. The molecular formula is C12H21ClN4O. The van der Waals surface area contributed by atoms with Gasteiger partial charge in [0.25, 0.3) is 0 Å². The lowest BCUT2D eigenvalue weighted by Crippen LogP contribution is -2.32. The van der Waals surface area contributed by atoms with Crippen LogP contribution in [0.4, 0.5) is 0 Å². The fraction of sp³-hybridized carbons (Fsp3) is 0.667. The summed E-state index contributed by atoms with van der Waals surface area (Å²) in [5, 5.41) is 10.3. The standard InChI is InChI=1S/C12H20N4O.ClH/c1-16-11(4-7-15-16)9-14-12(17)8-10-2-5-13-6-3-10;/h4,7,10,13H,2-3,5-6,8-9H2,1H3,(H,14,17);1H. The number of carbonyl (C=O) groups excluding carboxylic acids is 1. The van der Waals surface area contributed by atoms with E-state index >= 15 is 0 Å². The number of hydrogen-bond donors (Lipinski definition) is 2. The number of nitrogens with one attached hydrogen (secondary N) is 2. The molecule has 0 aromatic carbocycles. The SMILES string of the molecule is Cl.Cn1nccc1CNC(=O)CC1CCNCC1. The van der Waals surface area contributed by atoms with Crippen LogP contribution >= 0.6 is 12.4 Å².